The van der Waals surface area contributed by atoms with Crippen molar-refractivity contribution in [1.82, 2.24) is 5.43 Å². The minimum atomic E-state index is -0.838. The molecule has 1 unspecified atom stereocenters. The van der Waals surface area contributed by atoms with Gasteiger partial charge in [0, 0.05) is 0 Å². The molecule has 0 fully saturated rings. The van der Waals surface area contributed by atoms with Crippen LogP contribution in [-0.4, -0.2) is 0 Å². The van der Waals surface area contributed by atoms with Crippen LogP contribution in [0.15, 0.2) is 33.4 Å². The zero-order valence-corrected chi connectivity index (χ0v) is 11.7. The monoisotopic (exact) mass is 332 g/mol. The molecule has 1 aromatic carbocycles. The minimum absolute atomic E-state index is 0.246. The molecule has 2 nitrogen and oxygen atoms in total. The topological polar surface area (TPSA) is 38.0 Å². The van der Waals surface area contributed by atoms with Crippen LogP contribution in [0.25, 0.3) is 0 Å². The second-order valence-electron chi connectivity index (χ2n) is 3.82. The van der Waals surface area contributed by atoms with E-state index >= 15 is 0 Å². The molecule has 96 valence electrons. The molecular weight excluding hydrogens is 322 g/mol. The zero-order valence-electron chi connectivity index (χ0n) is 9.29. The largest absolute Gasteiger partial charge is 0.271 e. The van der Waals surface area contributed by atoms with Gasteiger partial charge in [-0.25, -0.2) is 8.78 Å². The smallest absolute Gasteiger partial charge is 0.162 e. The van der Waals surface area contributed by atoms with E-state index in [4.69, 9.17) is 5.84 Å². The van der Waals surface area contributed by atoms with Crippen molar-refractivity contribution in [2.45, 2.75) is 12.5 Å². The van der Waals surface area contributed by atoms with E-state index in [0.29, 0.717) is 12.0 Å². The Labute approximate surface area is 116 Å². The normalized spacial score (nSPS) is 12.7. The van der Waals surface area contributed by atoms with Crippen molar-refractivity contribution in [2.75, 3.05) is 0 Å². The maximum atomic E-state index is 13.6. The first-order chi connectivity index (χ1) is 8.61. The average molecular weight is 333 g/mol. The third-order valence-corrected chi connectivity index (χ3v) is 4.17. The van der Waals surface area contributed by atoms with Crippen LogP contribution in [0, 0.1) is 11.6 Å². The molecular formula is C12H11BrF2N2S. The van der Waals surface area contributed by atoms with Gasteiger partial charge in [-0.05, 0) is 51.0 Å². The zero-order chi connectivity index (χ0) is 13.1. The van der Waals surface area contributed by atoms with E-state index in [2.05, 4.69) is 21.4 Å². The number of halogens is 3. The Morgan fingerprint density at radius 2 is 2.17 bits per heavy atom. The second kappa shape index (κ2) is 5.88. The van der Waals surface area contributed by atoms with Gasteiger partial charge < -0.3 is 0 Å². The van der Waals surface area contributed by atoms with Crippen LogP contribution in [0.2, 0.25) is 0 Å². The lowest BCUT2D eigenvalue weighted by molar-refractivity contribution is 0.481. The van der Waals surface area contributed by atoms with Gasteiger partial charge in [-0.2, -0.15) is 0 Å². The molecule has 1 atom stereocenters. The predicted octanol–water partition coefficient (Wildman–Crippen LogP) is 3.54. The number of nitrogens with one attached hydrogen (secondary N) is 1. The molecule has 0 aliphatic carbocycles. The number of rotatable bonds is 4. The summed E-state index contributed by atoms with van der Waals surface area (Å²) in [6.45, 7) is 0. The lowest BCUT2D eigenvalue weighted by Gasteiger charge is -2.15. The molecule has 1 heterocycles. The van der Waals surface area contributed by atoms with Gasteiger partial charge >= 0.3 is 0 Å². The van der Waals surface area contributed by atoms with Crippen LogP contribution in [-0.2, 0) is 6.42 Å². The van der Waals surface area contributed by atoms with E-state index in [9.17, 15) is 8.78 Å². The number of hydrazine groups is 1. The summed E-state index contributed by atoms with van der Waals surface area (Å²) in [6, 6.07) is 5.82. The molecule has 0 saturated heterocycles. The maximum absolute atomic E-state index is 13.6. The second-order valence-corrected chi connectivity index (χ2v) is 6.11. The Hall–Kier alpha value is -0.820. The summed E-state index contributed by atoms with van der Waals surface area (Å²) >= 11 is 4.88. The van der Waals surface area contributed by atoms with E-state index in [0.717, 1.165) is 15.4 Å². The third kappa shape index (κ3) is 2.95. The van der Waals surface area contributed by atoms with Gasteiger partial charge in [-0.3, -0.25) is 11.3 Å². The van der Waals surface area contributed by atoms with Gasteiger partial charge in [0.1, 0.15) is 0 Å². The molecule has 0 amide bonds. The third-order valence-electron chi connectivity index (χ3n) is 2.65. The quantitative estimate of drug-likeness (QED) is 0.663. The van der Waals surface area contributed by atoms with Gasteiger partial charge in [-0.1, -0.05) is 12.1 Å². The Kier molecular flexibility index (Phi) is 4.45. The van der Waals surface area contributed by atoms with Crippen LogP contribution in [0.1, 0.15) is 17.2 Å². The molecule has 6 heteroatoms. The number of nitrogens with two attached hydrogens (primary N) is 1. The fraction of sp³-hybridized carbons (Fsp3) is 0.167. The molecule has 2 rings (SSSR count). The van der Waals surface area contributed by atoms with Crippen LogP contribution < -0.4 is 11.3 Å². The van der Waals surface area contributed by atoms with Crippen molar-refractivity contribution in [2.24, 2.45) is 5.84 Å². The van der Waals surface area contributed by atoms with Crippen molar-refractivity contribution in [3.63, 3.8) is 0 Å². The van der Waals surface area contributed by atoms with E-state index in [-0.39, 0.29) is 6.04 Å². The fourth-order valence-corrected chi connectivity index (χ4v) is 2.93. The number of benzene rings is 1. The van der Waals surface area contributed by atoms with Crippen molar-refractivity contribution < 1.29 is 8.78 Å². The summed E-state index contributed by atoms with van der Waals surface area (Å²) in [7, 11) is 0. The van der Waals surface area contributed by atoms with Gasteiger partial charge in [0.25, 0.3) is 0 Å². The molecule has 2 aromatic rings. The van der Waals surface area contributed by atoms with Gasteiger partial charge in [0.2, 0.25) is 0 Å². The van der Waals surface area contributed by atoms with E-state index in [1.807, 2.05) is 11.4 Å². The highest BCUT2D eigenvalue weighted by molar-refractivity contribution is 9.11. The summed E-state index contributed by atoms with van der Waals surface area (Å²) in [5, 5.41) is 1.92. The molecule has 18 heavy (non-hydrogen) atoms. The van der Waals surface area contributed by atoms with Crippen molar-refractivity contribution in [3.05, 3.63) is 56.2 Å². The van der Waals surface area contributed by atoms with Crippen molar-refractivity contribution in [1.29, 1.82) is 0 Å². The molecule has 0 spiro atoms. The first-order valence-electron chi connectivity index (χ1n) is 5.24. The molecule has 0 aliphatic rings. The SMILES string of the molecule is NNC(Cc1cccc(F)c1F)c1csc(Br)c1. The number of hydrogen-bond donors (Lipinski definition) is 2. The highest BCUT2D eigenvalue weighted by Gasteiger charge is 2.16. The molecule has 0 aliphatic heterocycles. The highest BCUT2D eigenvalue weighted by atomic mass is 79.9. The Balaban J connectivity index is 2.23. The highest BCUT2D eigenvalue weighted by Crippen LogP contribution is 2.27. The molecule has 0 radical (unpaired) electrons. The molecule has 1 aromatic heterocycles. The van der Waals surface area contributed by atoms with E-state index in [1.54, 1.807) is 6.07 Å². The van der Waals surface area contributed by atoms with Gasteiger partial charge in [0.05, 0.1) is 9.83 Å². The Morgan fingerprint density at radius 1 is 1.39 bits per heavy atom. The number of hydrogen-bond acceptors (Lipinski definition) is 3. The van der Waals surface area contributed by atoms with Crippen molar-refractivity contribution in [3.8, 4) is 0 Å². The van der Waals surface area contributed by atoms with Crippen LogP contribution in [0.4, 0.5) is 8.78 Å². The summed E-state index contributed by atoms with van der Waals surface area (Å²) in [4.78, 5) is 0. The van der Waals surface area contributed by atoms with Crippen LogP contribution in [0.3, 0.4) is 0 Å². The summed E-state index contributed by atoms with van der Waals surface area (Å²) in [5.74, 6) is 3.82. The minimum Gasteiger partial charge on any atom is -0.271 e. The van der Waals surface area contributed by atoms with Crippen molar-refractivity contribution >= 4 is 27.3 Å². The molecule has 0 bridgehead atoms. The standard InChI is InChI=1S/C12H11BrF2N2S/c13-11-5-8(6-18-11)10(17-16)4-7-2-1-3-9(14)12(7)15/h1-3,5-6,10,17H,4,16H2. The first kappa shape index (κ1) is 13.6. The van der Waals surface area contributed by atoms with Gasteiger partial charge in [-0.15, -0.1) is 11.3 Å². The van der Waals surface area contributed by atoms with Gasteiger partial charge in [0.15, 0.2) is 11.6 Å². The van der Waals surface area contributed by atoms with Crippen LogP contribution in [0.5, 0.6) is 0 Å². The maximum Gasteiger partial charge on any atom is 0.162 e. The lowest BCUT2D eigenvalue weighted by atomic mass is 10.0. The Morgan fingerprint density at radius 3 is 2.78 bits per heavy atom. The van der Waals surface area contributed by atoms with E-state index in [1.165, 1.54) is 17.4 Å². The Bertz CT molecular complexity index is 545. The first-order valence-corrected chi connectivity index (χ1v) is 6.92. The molecule has 0 saturated carbocycles. The summed E-state index contributed by atoms with van der Waals surface area (Å²) in [5.41, 5.74) is 3.87. The predicted molar refractivity (Wildman–Crippen MR) is 72.1 cm³/mol. The summed E-state index contributed by atoms with van der Waals surface area (Å²) < 4.78 is 27.6. The molecule has 3 N–H and O–H groups in total. The fourth-order valence-electron chi connectivity index (χ4n) is 1.71. The summed E-state index contributed by atoms with van der Waals surface area (Å²) in [6.07, 6.45) is 0.295. The van der Waals surface area contributed by atoms with E-state index < -0.39 is 11.6 Å². The van der Waals surface area contributed by atoms with Crippen LogP contribution >= 0.6 is 27.3 Å². The lowest BCUT2D eigenvalue weighted by Crippen LogP contribution is -2.29. The number of thiophene rings is 1. The average Bonchev–Trinajstić information content (AvgIpc) is 2.78.